The highest BCUT2D eigenvalue weighted by Crippen LogP contribution is 2.53. The molecule has 1 saturated heterocycles. The average molecular weight is 670 g/mol. The second-order valence-electron chi connectivity index (χ2n) is 11.7. The van der Waals surface area contributed by atoms with Gasteiger partial charge in [0.25, 0.3) is 0 Å². The number of pyridine rings is 1. The van der Waals surface area contributed by atoms with Crippen LogP contribution in [0.15, 0.2) is 83.4 Å². The lowest BCUT2D eigenvalue weighted by Gasteiger charge is -2.18. The van der Waals surface area contributed by atoms with Crippen molar-refractivity contribution in [1.82, 2.24) is 4.98 Å². The molecule has 9 heteroatoms. The Balaban J connectivity index is 1.21. The van der Waals surface area contributed by atoms with Gasteiger partial charge >= 0.3 is 5.97 Å². The number of aromatic nitrogens is 1. The molecule has 2 bridgehead atoms. The van der Waals surface area contributed by atoms with E-state index in [9.17, 15) is 19.2 Å². The highest BCUT2D eigenvalue weighted by atomic mass is 79.9. The summed E-state index contributed by atoms with van der Waals surface area (Å²) in [5, 5.41) is 0.989. The standard InChI is InChI=1S/C35H26BrClN2O5/c1-17-12-23(36)15-26-27(35(43)44-18(2)32(40)22-4-3-5-24(37)14-22)16-28(38-31(17)26)19-8-10-25(11-9-19)39-33(41)29-20-6-7-21(13-20)30(29)34(39)42/h3-12,14-16,18,20-21,29-30H,13H2,1-2H3. The van der Waals surface area contributed by atoms with Crippen molar-refractivity contribution in [3.05, 3.63) is 105 Å². The molecule has 0 radical (unpaired) electrons. The first-order valence-corrected chi connectivity index (χ1v) is 15.6. The minimum Gasteiger partial charge on any atom is -0.451 e. The predicted molar refractivity (Wildman–Crippen MR) is 170 cm³/mol. The molecule has 5 unspecified atom stereocenters. The molecule has 1 aromatic heterocycles. The zero-order valence-corrected chi connectivity index (χ0v) is 26.1. The van der Waals surface area contributed by atoms with Crippen LogP contribution >= 0.6 is 27.5 Å². The number of ether oxygens (including phenoxy) is 1. The first-order valence-electron chi connectivity index (χ1n) is 14.4. The summed E-state index contributed by atoms with van der Waals surface area (Å²) < 4.78 is 6.45. The van der Waals surface area contributed by atoms with E-state index >= 15 is 0 Å². The van der Waals surface area contributed by atoms with Crippen LogP contribution in [0, 0.1) is 30.6 Å². The normalized spacial score (nSPS) is 22.5. The van der Waals surface area contributed by atoms with Gasteiger partial charge in [-0.2, -0.15) is 0 Å². The van der Waals surface area contributed by atoms with Gasteiger partial charge in [-0.3, -0.25) is 19.3 Å². The van der Waals surface area contributed by atoms with E-state index in [-0.39, 0.29) is 46.8 Å². The van der Waals surface area contributed by atoms with Crippen molar-refractivity contribution >= 4 is 67.7 Å². The van der Waals surface area contributed by atoms with Crippen LogP contribution in [-0.2, 0) is 14.3 Å². The van der Waals surface area contributed by atoms with Crippen molar-refractivity contribution in [2.75, 3.05) is 4.90 Å². The van der Waals surface area contributed by atoms with Crippen LogP contribution in [0.2, 0.25) is 5.02 Å². The smallest absolute Gasteiger partial charge is 0.339 e. The highest BCUT2D eigenvalue weighted by molar-refractivity contribution is 9.10. The zero-order chi connectivity index (χ0) is 30.9. The number of carbonyl (C=O) groups is 4. The summed E-state index contributed by atoms with van der Waals surface area (Å²) in [6, 6.07) is 18.9. The largest absolute Gasteiger partial charge is 0.451 e. The number of benzene rings is 3. The molecule has 0 N–H and O–H groups in total. The quantitative estimate of drug-likeness (QED) is 0.0922. The van der Waals surface area contributed by atoms with Crippen molar-refractivity contribution in [3.63, 3.8) is 0 Å². The van der Waals surface area contributed by atoms with Crippen molar-refractivity contribution in [2.24, 2.45) is 23.7 Å². The second-order valence-corrected chi connectivity index (χ2v) is 13.0. The summed E-state index contributed by atoms with van der Waals surface area (Å²) in [4.78, 5) is 59.4. The molecule has 1 saturated carbocycles. The van der Waals surface area contributed by atoms with Gasteiger partial charge in [0.05, 0.1) is 34.3 Å². The van der Waals surface area contributed by atoms with E-state index in [1.807, 2.05) is 13.0 Å². The van der Waals surface area contributed by atoms with Gasteiger partial charge in [0.15, 0.2) is 6.10 Å². The number of amides is 2. The number of allylic oxidation sites excluding steroid dienone is 2. The number of aryl methyl sites for hydroxylation is 1. The van der Waals surface area contributed by atoms with Crippen LogP contribution in [0.4, 0.5) is 5.69 Å². The number of ketones is 1. The Kier molecular flexibility index (Phi) is 7.02. The van der Waals surface area contributed by atoms with Gasteiger partial charge in [0, 0.05) is 26.0 Å². The molecule has 220 valence electrons. The number of imide groups is 1. The molecule has 2 fully saturated rings. The first kappa shape index (κ1) is 28.6. The molecule has 7 rings (SSSR count). The van der Waals surface area contributed by atoms with Gasteiger partial charge < -0.3 is 4.74 Å². The SMILES string of the molecule is Cc1cc(Br)cc2c(C(=O)OC(C)C(=O)c3cccc(Cl)c3)cc(-c3ccc(N4C(=O)C5C6C=CC(C6)C5C4=O)cc3)nc12. The molecule has 5 atom stereocenters. The highest BCUT2D eigenvalue weighted by Gasteiger charge is 2.59. The Morgan fingerprint density at radius 3 is 2.32 bits per heavy atom. The van der Waals surface area contributed by atoms with E-state index in [2.05, 4.69) is 28.1 Å². The summed E-state index contributed by atoms with van der Waals surface area (Å²) >= 11 is 9.56. The lowest BCUT2D eigenvalue weighted by molar-refractivity contribution is -0.123. The van der Waals surface area contributed by atoms with Crippen LogP contribution in [0.1, 0.15) is 39.6 Å². The zero-order valence-electron chi connectivity index (χ0n) is 23.8. The van der Waals surface area contributed by atoms with Gasteiger partial charge in [-0.05, 0) is 80.1 Å². The summed E-state index contributed by atoms with van der Waals surface area (Å²) in [6.07, 6.45) is 3.97. The van der Waals surface area contributed by atoms with E-state index < -0.39 is 12.1 Å². The van der Waals surface area contributed by atoms with Crippen LogP contribution in [0.3, 0.4) is 0 Å². The molecule has 2 amide bonds. The van der Waals surface area contributed by atoms with Crippen molar-refractivity contribution in [3.8, 4) is 11.3 Å². The number of hydrogen-bond acceptors (Lipinski definition) is 6. The number of halogens is 2. The molecule has 4 aromatic rings. The maximum atomic E-state index is 13.6. The van der Waals surface area contributed by atoms with Gasteiger partial charge in [-0.15, -0.1) is 0 Å². The van der Waals surface area contributed by atoms with Gasteiger partial charge in [0.2, 0.25) is 17.6 Å². The van der Waals surface area contributed by atoms with Crippen LogP contribution < -0.4 is 4.90 Å². The molecule has 2 heterocycles. The van der Waals surface area contributed by atoms with Gasteiger partial charge in [-0.25, -0.2) is 9.78 Å². The number of fused-ring (bicyclic) bond motifs is 6. The van der Waals surface area contributed by atoms with Gasteiger partial charge in [0.1, 0.15) is 0 Å². The van der Waals surface area contributed by atoms with Crippen LogP contribution in [-0.4, -0.2) is 34.7 Å². The van der Waals surface area contributed by atoms with Crippen molar-refractivity contribution in [1.29, 1.82) is 0 Å². The number of carbonyl (C=O) groups excluding carboxylic acids is 4. The topological polar surface area (TPSA) is 93.6 Å². The van der Waals surface area contributed by atoms with Crippen molar-refractivity contribution < 1.29 is 23.9 Å². The third kappa shape index (κ3) is 4.68. The summed E-state index contributed by atoms with van der Waals surface area (Å²) in [6.45, 7) is 3.43. The first-order chi connectivity index (χ1) is 21.1. The Bertz CT molecular complexity index is 1910. The monoisotopic (exact) mass is 668 g/mol. The molecule has 1 aliphatic heterocycles. The third-order valence-electron chi connectivity index (χ3n) is 8.94. The van der Waals surface area contributed by atoms with Crippen LogP contribution in [0.5, 0.6) is 0 Å². The second kappa shape index (κ2) is 10.8. The van der Waals surface area contributed by atoms with Crippen molar-refractivity contribution in [2.45, 2.75) is 26.4 Å². The molecule has 0 spiro atoms. The maximum Gasteiger partial charge on any atom is 0.339 e. The third-order valence-corrected chi connectivity index (χ3v) is 9.64. The fourth-order valence-corrected chi connectivity index (χ4v) is 7.63. The number of esters is 1. The van der Waals surface area contributed by atoms with E-state index in [1.54, 1.807) is 54.6 Å². The Labute approximate surface area is 267 Å². The molecular weight excluding hydrogens is 644 g/mol. The summed E-state index contributed by atoms with van der Waals surface area (Å²) in [5.74, 6) is -1.59. The fraction of sp³-hybridized carbons (Fsp3) is 0.229. The number of hydrogen-bond donors (Lipinski definition) is 0. The maximum absolute atomic E-state index is 13.6. The van der Waals surface area contributed by atoms with E-state index in [4.69, 9.17) is 21.3 Å². The molecule has 3 aliphatic rings. The molecule has 3 aromatic carbocycles. The summed E-state index contributed by atoms with van der Waals surface area (Å²) in [7, 11) is 0. The lowest BCUT2D eigenvalue weighted by Crippen LogP contribution is -2.32. The van der Waals surface area contributed by atoms with E-state index in [0.717, 1.165) is 16.5 Å². The number of Topliss-reactive ketones (excluding diaryl/α,β-unsaturated/α-hetero) is 1. The predicted octanol–water partition coefficient (Wildman–Crippen LogP) is 7.37. The number of nitrogens with zero attached hydrogens (tertiary/aromatic N) is 2. The Morgan fingerprint density at radius 2 is 1.66 bits per heavy atom. The Hall–Kier alpha value is -4.14. The van der Waals surface area contributed by atoms with Crippen LogP contribution in [0.25, 0.3) is 22.2 Å². The van der Waals surface area contributed by atoms with Gasteiger partial charge in [-0.1, -0.05) is 63.9 Å². The fourth-order valence-electron chi connectivity index (χ4n) is 6.87. The minimum atomic E-state index is -1.05. The number of rotatable bonds is 6. The molecular formula is C35H26BrClN2O5. The molecule has 2 aliphatic carbocycles. The van der Waals surface area contributed by atoms with E-state index in [0.29, 0.717) is 38.4 Å². The molecule has 7 nitrogen and oxygen atoms in total. The molecule has 44 heavy (non-hydrogen) atoms. The number of anilines is 1. The lowest BCUT2D eigenvalue weighted by atomic mass is 9.85. The van der Waals surface area contributed by atoms with E-state index in [1.165, 1.54) is 17.9 Å². The average Bonchev–Trinajstić information content (AvgIpc) is 3.69. The Morgan fingerprint density at radius 1 is 0.977 bits per heavy atom. The minimum absolute atomic E-state index is 0.137. The summed E-state index contributed by atoms with van der Waals surface area (Å²) in [5.41, 5.74) is 3.77.